The van der Waals surface area contributed by atoms with Gasteiger partial charge in [-0.05, 0) is 41.9 Å². The lowest BCUT2D eigenvalue weighted by molar-refractivity contribution is 0.443. The smallest absolute Gasteiger partial charge is 0.0146 e. The molecule has 1 radical (unpaired) electrons. The highest BCUT2D eigenvalue weighted by Crippen LogP contribution is 2.33. The predicted molar refractivity (Wildman–Crippen MR) is 65.2 cm³/mol. The Morgan fingerprint density at radius 1 is 1.20 bits per heavy atom. The SMILES string of the molecule is CC(C)c1cc[c]c(C2CCCCC2)c1. The van der Waals surface area contributed by atoms with Crippen LogP contribution >= 0.6 is 0 Å². The van der Waals surface area contributed by atoms with Crippen LogP contribution < -0.4 is 0 Å². The summed E-state index contributed by atoms with van der Waals surface area (Å²) < 4.78 is 0. The molecule has 0 spiro atoms. The molecule has 1 aromatic carbocycles. The molecule has 0 heterocycles. The van der Waals surface area contributed by atoms with Gasteiger partial charge < -0.3 is 0 Å². The van der Waals surface area contributed by atoms with Crippen molar-refractivity contribution in [1.82, 2.24) is 0 Å². The van der Waals surface area contributed by atoms with E-state index in [4.69, 9.17) is 0 Å². The van der Waals surface area contributed by atoms with Crippen LogP contribution in [-0.4, -0.2) is 0 Å². The van der Waals surface area contributed by atoms with Crippen molar-refractivity contribution >= 4 is 0 Å². The van der Waals surface area contributed by atoms with Crippen LogP contribution in [0.5, 0.6) is 0 Å². The summed E-state index contributed by atoms with van der Waals surface area (Å²) in [6.45, 7) is 4.53. The Morgan fingerprint density at radius 2 is 1.93 bits per heavy atom. The largest absolute Gasteiger partial charge is 0.0587 e. The summed E-state index contributed by atoms with van der Waals surface area (Å²) in [5, 5.41) is 0. The quantitative estimate of drug-likeness (QED) is 0.653. The Kier molecular flexibility index (Phi) is 3.45. The van der Waals surface area contributed by atoms with Gasteiger partial charge in [0, 0.05) is 0 Å². The number of hydrogen-bond acceptors (Lipinski definition) is 0. The zero-order chi connectivity index (χ0) is 10.7. The van der Waals surface area contributed by atoms with Crippen molar-refractivity contribution in [3.05, 3.63) is 35.4 Å². The van der Waals surface area contributed by atoms with E-state index in [0.717, 1.165) is 5.92 Å². The maximum absolute atomic E-state index is 3.43. The fraction of sp³-hybridized carbons (Fsp3) is 0.600. The molecule has 0 saturated heterocycles. The fourth-order valence-electron chi connectivity index (χ4n) is 2.51. The van der Waals surface area contributed by atoms with Crippen LogP contribution in [0.4, 0.5) is 0 Å². The van der Waals surface area contributed by atoms with E-state index in [9.17, 15) is 0 Å². The second-order valence-corrected chi connectivity index (χ2v) is 5.07. The third-order valence-corrected chi connectivity index (χ3v) is 3.56. The zero-order valence-electron chi connectivity index (χ0n) is 9.92. The van der Waals surface area contributed by atoms with E-state index in [0.29, 0.717) is 5.92 Å². The lowest BCUT2D eigenvalue weighted by Gasteiger charge is -2.22. The van der Waals surface area contributed by atoms with Gasteiger partial charge in [0.1, 0.15) is 0 Å². The van der Waals surface area contributed by atoms with Gasteiger partial charge >= 0.3 is 0 Å². The Bertz CT molecular complexity index is 306. The van der Waals surface area contributed by atoms with Gasteiger partial charge in [0.2, 0.25) is 0 Å². The van der Waals surface area contributed by atoms with Crippen molar-refractivity contribution in [2.24, 2.45) is 0 Å². The second kappa shape index (κ2) is 4.83. The van der Waals surface area contributed by atoms with E-state index in [1.807, 2.05) is 0 Å². The highest BCUT2D eigenvalue weighted by atomic mass is 14.2. The van der Waals surface area contributed by atoms with Crippen molar-refractivity contribution in [3.8, 4) is 0 Å². The monoisotopic (exact) mass is 201 g/mol. The maximum Gasteiger partial charge on any atom is -0.0146 e. The average Bonchev–Trinajstić information content (AvgIpc) is 2.30. The molecule has 0 atom stereocenters. The van der Waals surface area contributed by atoms with Gasteiger partial charge in [0.25, 0.3) is 0 Å². The van der Waals surface area contributed by atoms with E-state index in [1.54, 1.807) is 0 Å². The van der Waals surface area contributed by atoms with Crippen molar-refractivity contribution in [2.45, 2.75) is 57.8 Å². The third-order valence-electron chi connectivity index (χ3n) is 3.56. The van der Waals surface area contributed by atoms with E-state index in [1.165, 1.54) is 43.2 Å². The summed E-state index contributed by atoms with van der Waals surface area (Å²) in [4.78, 5) is 0. The van der Waals surface area contributed by atoms with Crippen molar-refractivity contribution < 1.29 is 0 Å². The van der Waals surface area contributed by atoms with E-state index < -0.39 is 0 Å². The van der Waals surface area contributed by atoms with Crippen molar-refractivity contribution in [1.29, 1.82) is 0 Å². The van der Waals surface area contributed by atoms with Gasteiger partial charge in [0.15, 0.2) is 0 Å². The second-order valence-electron chi connectivity index (χ2n) is 5.07. The normalized spacial score (nSPS) is 18.3. The molecule has 15 heavy (non-hydrogen) atoms. The molecule has 0 aromatic heterocycles. The molecule has 0 aliphatic heterocycles. The lowest BCUT2D eigenvalue weighted by atomic mass is 9.83. The predicted octanol–water partition coefficient (Wildman–Crippen LogP) is 4.66. The molecule has 0 N–H and O–H groups in total. The van der Waals surface area contributed by atoms with Crippen LogP contribution in [0.25, 0.3) is 0 Å². The Hall–Kier alpha value is -0.780. The third kappa shape index (κ3) is 2.62. The highest BCUT2D eigenvalue weighted by Gasteiger charge is 2.15. The van der Waals surface area contributed by atoms with Gasteiger partial charge in [-0.25, -0.2) is 0 Å². The van der Waals surface area contributed by atoms with E-state index >= 15 is 0 Å². The Morgan fingerprint density at radius 3 is 2.60 bits per heavy atom. The molecule has 0 bridgehead atoms. The minimum absolute atomic E-state index is 0.641. The standard InChI is InChI=1S/C15H21/c1-12(2)14-9-6-10-15(11-14)13-7-4-3-5-8-13/h6,9,11-13H,3-5,7-8H2,1-2H3. The summed E-state index contributed by atoms with van der Waals surface area (Å²) in [6, 6.07) is 10.1. The highest BCUT2D eigenvalue weighted by molar-refractivity contribution is 5.27. The van der Waals surface area contributed by atoms with Gasteiger partial charge in [-0.2, -0.15) is 0 Å². The fourth-order valence-corrected chi connectivity index (χ4v) is 2.51. The van der Waals surface area contributed by atoms with Crippen LogP contribution in [-0.2, 0) is 0 Å². The zero-order valence-corrected chi connectivity index (χ0v) is 9.92. The molecule has 1 saturated carbocycles. The van der Waals surface area contributed by atoms with Crippen molar-refractivity contribution in [2.75, 3.05) is 0 Å². The summed E-state index contributed by atoms with van der Waals surface area (Å²) >= 11 is 0. The van der Waals surface area contributed by atoms with Gasteiger partial charge in [0.05, 0.1) is 0 Å². The molecular weight excluding hydrogens is 180 g/mol. The van der Waals surface area contributed by atoms with Crippen LogP contribution in [0.2, 0.25) is 0 Å². The van der Waals surface area contributed by atoms with Gasteiger partial charge in [-0.15, -0.1) is 0 Å². The maximum atomic E-state index is 3.43. The Labute approximate surface area is 93.7 Å². The molecule has 0 unspecified atom stereocenters. The first kappa shape index (κ1) is 10.7. The van der Waals surface area contributed by atoms with E-state index in [2.05, 4.69) is 38.1 Å². The number of benzene rings is 1. The molecule has 1 aliphatic rings. The molecule has 0 heteroatoms. The molecule has 1 fully saturated rings. The molecule has 1 aromatic rings. The summed E-state index contributed by atoms with van der Waals surface area (Å²) in [5.41, 5.74) is 2.93. The van der Waals surface area contributed by atoms with Crippen LogP contribution in [0.3, 0.4) is 0 Å². The molecule has 81 valence electrons. The minimum atomic E-state index is 0.641. The molecule has 2 rings (SSSR count). The number of hydrogen-bond donors (Lipinski definition) is 0. The Balaban J connectivity index is 2.16. The van der Waals surface area contributed by atoms with Crippen molar-refractivity contribution in [3.63, 3.8) is 0 Å². The first-order valence-electron chi connectivity index (χ1n) is 6.29. The van der Waals surface area contributed by atoms with Crippen LogP contribution in [0, 0.1) is 6.07 Å². The van der Waals surface area contributed by atoms with Gasteiger partial charge in [-0.3, -0.25) is 0 Å². The summed E-state index contributed by atoms with van der Waals surface area (Å²) in [7, 11) is 0. The molecule has 0 amide bonds. The first-order valence-corrected chi connectivity index (χ1v) is 6.29. The molecule has 0 nitrogen and oxygen atoms in total. The minimum Gasteiger partial charge on any atom is -0.0587 e. The summed E-state index contributed by atoms with van der Waals surface area (Å²) in [6.07, 6.45) is 6.99. The number of rotatable bonds is 2. The lowest BCUT2D eigenvalue weighted by Crippen LogP contribution is -2.05. The average molecular weight is 201 g/mol. The first-order chi connectivity index (χ1) is 7.27. The van der Waals surface area contributed by atoms with Crippen LogP contribution in [0.1, 0.15) is 68.9 Å². The molecular formula is C15H21. The van der Waals surface area contributed by atoms with Crippen LogP contribution in [0.15, 0.2) is 18.2 Å². The molecule has 1 aliphatic carbocycles. The van der Waals surface area contributed by atoms with Gasteiger partial charge in [-0.1, -0.05) is 51.3 Å². The topological polar surface area (TPSA) is 0 Å². The summed E-state index contributed by atoms with van der Waals surface area (Å²) in [5.74, 6) is 1.43. The van der Waals surface area contributed by atoms with E-state index in [-0.39, 0.29) is 0 Å².